The van der Waals surface area contributed by atoms with E-state index >= 15 is 0 Å². The zero-order valence-corrected chi connectivity index (χ0v) is 10.0. The van der Waals surface area contributed by atoms with Crippen molar-refractivity contribution in [2.75, 3.05) is 0 Å². The van der Waals surface area contributed by atoms with Crippen LogP contribution in [0.3, 0.4) is 0 Å². The summed E-state index contributed by atoms with van der Waals surface area (Å²) in [6.07, 6.45) is 2.53. The van der Waals surface area contributed by atoms with E-state index in [1.165, 1.54) is 11.3 Å². The highest BCUT2D eigenvalue weighted by atomic mass is 32.1. The Balaban J connectivity index is 2.40. The van der Waals surface area contributed by atoms with Crippen molar-refractivity contribution in [3.05, 3.63) is 33.8 Å². The van der Waals surface area contributed by atoms with Gasteiger partial charge in [0, 0.05) is 18.0 Å². The minimum absolute atomic E-state index is 0.103. The van der Waals surface area contributed by atoms with Crippen LogP contribution in [0.4, 0.5) is 0 Å². The van der Waals surface area contributed by atoms with E-state index in [0.29, 0.717) is 11.7 Å². The Kier molecular flexibility index (Phi) is 3.14. The second-order valence-corrected chi connectivity index (χ2v) is 4.94. The van der Waals surface area contributed by atoms with Gasteiger partial charge in [0.2, 0.25) is 0 Å². The van der Waals surface area contributed by atoms with Crippen molar-refractivity contribution in [2.45, 2.75) is 20.3 Å². The highest BCUT2D eigenvalue weighted by Crippen LogP contribution is 2.18. The maximum absolute atomic E-state index is 11.5. The Bertz CT molecular complexity index is 516. The van der Waals surface area contributed by atoms with E-state index < -0.39 is 0 Å². The van der Waals surface area contributed by atoms with E-state index in [4.69, 9.17) is 0 Å². The third-order valence-electron chi connectivity index (χ3n) is 2.08. The summed E-state index contributed by atoms with van der Waals surface area (Å²) in [4.78, 5) is 23.5. The number of nitrogens with zero attached hydrogens (tertiary/aromatic N) is 2. The molecule has 0 bridgehead atoms. The molecule has 2 aromatic heterocycles. The van der Waals surface area contributed by atoms with Crippen molar-refractivity contribution in [3.63, 3.8) is 0 Å². The Morgan fingerprint density at radius 1 is 1.50 bits per heavy atom. The number of H-pyrrole nitrogens is 1. The third-order valence-corrected chi connectivity index (χ3v) is 2.86. The zero-order chi connectivity index (χ0) is 11.5. The molecule has 0 radical (unpaired) electrons. The molecule has 0 saturated carbocycles. The summed E-state index contributed by atoms with van der Waals surface area (Å²) in [6.45, 7) is 4.21. The van der Waals surface area contributed by atoms with Crippen molar-refractivity contribution < 1.29 is 0 Å². The molecule has 0 aliphatic heterocycles. The van der Waals surface area contributed by atoms with Crippen LogP contribution in [0.1, 0.15) is 19.5 Å². The van der Waals surface area contributed by atoms with E-state index in [9.17, 15) is 4.79 Å². The molecule has 2 aromatic rings. The number of aromatic nitrogens is 3. The second-order valence-electron chi connectivity index (χ2n) is 4.05. The Morgan fingerprint density at radius 2 is 2.31 bits per heavy atom. The lowest BCUT2D eigenvalue weighted by molar-refractivity contribution is 0.634. The van der Waals surface area contributed by atoms with Crippen LogP contribution < -0.4 is 5.56 Å². The minimum atomic E-state index is -0.103. The monoisotopic (exact) mass is 235 g/mol. The Labute approximate surface area is 97.4 Å². The molecule has 16 heavy (non-hydrogen) atoms. The second kappa shape index (κ2) is 4.57. The molecule has 0 aliphatic rings. The lowest BCUT2D eigenvalue weighted by Gasteiger charge is -2.04. The largest absolute Gasteiger partial charge is 0.306 e. The quantitative estimate of drug-likeness (QED) is 0.886. The lowest BCUT2D eigenvalue weighted by Crippen LogP contribution is -2.11. The van der Waals surface area contributed by atoms with E-state index in [1.54, 1.807) is 17.8 Å². The van der Waals surface area contributed by atoms with Gasteiger partial charge in [0.1, 0.15) is 0 Å². The van der Waals surface area contributed by atoms with E-state index in [-0.39, 0.29) is 5.56 Å². The molecule has 84 valence electrons. The van der Waals surface area contributed by atoms with Crippen LogP contribution in [-0.2, 0) is 6.42 Å². The molecule has 2 heterocycles. The van der Waals surface area contributed by atoms with Crippen LogP contribution in [0.15, 0.2) is 22.6 Å². The van der Waals surface area contributed by atoms with Crippen molar-refractivity contribution in [1.29, 1.82) is 0 Å². The van der Waals surface area contributed by atoms with Crippen LogP contribution in [0, 0.1) is 5.92 Å². The first-order valence-corrected chi connectivity index (χ1v) is 6.02. The van der Waals surface area contributed by atoms with Crippen molar-refractivity contribution in [3.8, 4) is 10.7 Å². The Morgan fingerprint density at radius 3 is 2.94 bits per heavy atom. The van der Waals surface area contributed by atoms with Crippen molar-refractivity contribution in [2.24, 2.45) is 5.92 Å². The molecule has 0 aromatic carbocycles. The van der Waals surface area contributed by atoms with Crippen LogP contribution in [0.2, 0.25) is 0 Å². The average Bonchev–Trinajstić information content (AvgIpc) is 2.67. The first-order chi connectivity index (χ1) is 7.65. The molecular weight excluding hydrogens is 222 g/mol. The predicted octanol–water partition coefficient (Wildman–Crippen LogP) is 2.09. The number of aromatic amines is 1. The van der Waals surface area contributed by atoms with Gasteiger partial charge in [-0.05, 0) is 12.3 Å². The van der Waals surface area contributed by atoms with E-state index in [1.807, 2.05) is 0 Å². The summed E-state index contributed by atoms with van der Waals surface area (Å²) in [6, 6.07) is 1.56. The fraction of sp³-hybridized carbons (Fsp3) is 0.364. The highest BCUT2D eigenvalue weighted by Gasteiger charge is 2.06. The van der Waals surface area contributed by atoms with E-state index in [0.717, 1.165) is 17.0 Å². The molecule has 0 saturated heterocycles. The summed E-state index contributed by atoms with van der Waals surface area (Å²) < 4.78 is 0. The number of hydrogen-bond donors (Lipinski definition) is 1. The highest BCUT2D eigenvalue weighted by molar-refractivity contribution is 7.13. The molecular formula is C11H13N3OS. The maximum Gasteiger partial charge on any atom is 0.251 e. The lowest BCUT2D eigenvalue weighted by atomic mass is 10.1. The molecule has 4 nitrogen and oxygen atoms in total. The average molecular weight is 235 g/mol. The first kappa shape index (κ1) is 11.0. The molecule has 0 aliphatic carbocycles. The van der Waals surface area contributed by atoms with Gasteiger partial charge in [-0.1, -0.05) is 13.8 Å². The van der Waals surface area contributed by atoms with Gasteiger partial charge < -0.3 is 4.98 Å². The topological polar surface area (TPSA) is 58.6 Å². The number of rotatable bonds is 3. The molecule has 0 fully saturated rings. The third kappa shape index (κ3) is 2.55. The smallest absolute Gasteiger partial charge is 0.251 e. The first-order valence-electron chi connectivity index (χ1n) is 5.14. The summed E-state index contributed by atoms with van der Waals surface area (Å²) in [5, 5.41) is 0. The van der Waals surface area contributed by atoms with Gasteiger partial charge in [0.25, 0.3) is 5.56 Å². The van der Waals surface area contributed by atoms with Crippen molar-refractivity contribution >= 4 is 11.3 Å². The van der Waals surface area contributed by atoms with Gasteiger partial charge in [0.05, 0.1) is 10.4 Å². The SMILES string of the molecule is CC(C)Cc1cc(=O)[nH]c(-c2cncs2)n1. The molecule has 0 amide bonds. The summed E-state index contributed by atoms with van der Waals surface area (Å²) >= 11 is 1.47. The van der Waals surface area contributed by atoms with Gasteiger partial charge in [-0.2, -0.15) is 0 Å². The van der Waals surface area contributed by atoms with Crippen LogP contribution in [0.25, 0.3) is 10.7 Å². The summed E-state index contributed by atoms with van der Waals surface area (Å²) in [5.41, 5.74) is 2.46. The Hall–Kier alpha value is -1.49. The predicted molar refractivity (Wildman–Crippen MR) is 64.5 cm³/mol. The van der Waals surface area contributed by atoms with Crippen molar-refractivity contribution in [1.82, 2.24) is 15.0 Å². The van der Waals surface area contributed by atoms with Crippen LogP contribution >= 0.6 is 11.3 Å². The number of nitrogens with one attached hydrogen (secondary N) is 1. The molecule has 0 spiro atoms. The minimum Gasteiger partial charge on any atom is -0.306 e. The summed E-state index contributed by atoms with van der Waals surface area (Å²) in [7, 11) is 0. The zero-order valence-electron chi connectivity index (χ0n) is 9.23. The van der Waals surface area contributed by atoms with Crippen LogP contribution in [-0.4, -0.2) is 15.0 Å². The molecule has 0 unspecified atom stereocenters. The maximum atomic E-state index is 11.5. The fourth-order valence-corrected chi connectivity index (χ4v) is 2.05. The van der Waals surface area contributed by atoms with Gasteiger partial charge in [-0.15, -0.1) is 11.3 Å². The standard InChI is InChI=1S/C11H13N3OS/c1-7(2)3-8-4-10(15)14-11(13-8)9-5-12-6-16-9/h4-7H,3H2,1-2H3,(H,13,14,15). The summed E-state index contributed by atoms with van der Waals surface area (Å²) in [5.74, 6) is 1.11. The van der Waals surface area contributed by atoms with Gasteiger partial charge in [0.15, 0.2) is 5.82 Å². The van der Waals surface area contributed by atoms with Gasteiger partial charge in [-0.3, -0.25) is 9.78 Å². The van der Waals surface area contributed by atoms with E-state index in [2.05, 4.69) is 28.8 Å². The fourth-order valence-electron chi connectivity index (χ4n) is 1.48. The molecule has 2 rings (SSSR count). The molecule has 0 atom stereocenters. The normalized spacial score (nSPS) is 10.9. The molecule has 5 heteroatoms. The molecule has 1 N–H and O–H groups in total. The van der Waals surface area contributed by atoms with Crippen LogP contribution in [0.5, 0.6) is 0 Å². The number of hydrogen-bond acceptors (Lipinski definition) is 4. The van der Waals surface area contributed by atoms with Gasteiger partial charge in [-0.25, -0.2) is 4.98 Å². The van der Waals surface area contributed by atoms with Gasteiger partial charge >= 0.3 is 0 Å². The number of thiazole rings is 1.